The summed E-state index contributed by atoms with van der Waals surface area (Å²) in [4.78, 5) is 0.861. The van der Waals surface area contributed by atoms with Crippen LogP contribution in [0.4, 0.5) is 0 Å². The molecule has 1 unspecified atom stereocenters. The summed E-state index contributed by atoms with van der Waals surface area (Å²) in [6.45, 7) is 2.88. The van der Waals surface area contributed by atoms with Crippen LogP contribution < -0.4 is 0 Å². The van der Waals surface area contributed by atoms with E-state index in [0.717, 1.165) is 30.7 Å². The molecule has 1 heterocycles. The van der Waals surface area contributed by atoms with E-state index in [1.807, 2.05) is 35.5 Å². The van der Waals surface area contributed by atoms with E-state index in [0.29, 0.717) is 0 Å². The highest BCUT2D eigenvalue weighted by molar-refractivity contribution is 7.82. The molecule has 0 radical (unpaired) electrons. The molecule has 0 saturated carbocycles. The van der Waals surface area contributed by atoms with Gasteiger partial charge in [0.25, 0.3) is 0 Å². The Bertz CT molecular complexity index is 391. The fourth-order valence-electron chi connectivity index (χ4n) is 2.09. The lowest BCUT2D eigenvalue weighted by Crippen LogP contribution is -2.41. The van der Waals surface area contributed by atoms with Gasteiger partial charge in [-0.2, -0.15) is 4.31 Å². The van der Waals surface area contributed by atoms with Gasteiger partial charge in [-0.3, -0.25) is 0 Å². The van der Waals surface area contributed by atoms with E-state index in [1.54, 1.807) is 7.11 Å². The standard InChI is InChI=1S/C13H19NO2S/c1-11-6-8-12(9-7-11)17(15)14-10-4-3-5-13(14)16-2/h6-9,13H,3-5,10H2,1-2H3/t13-,17?/m1/s1. The van der Waals surface area contributed by atoms with Gasteiger partial charge in [0, 0.05) is 13.7 Å². The van der Waals surface area contributed by atoms with Crippen molar-refractivity contribution in [3.63, 3.8) is 0 Å². The summed E-state index contributed by atoms with van der Waals surface area (Å²) in [6.07, 6.45) is 3.21. The van der Waals surface area contributed by atoms with Gasteiger partial charge in [0.2, 0.25) is 0 Å². The van der Waals surface area contributed by atoms with Crippen molar-refractivity contribution >= 4 is 11.0 Å². The van der Waals surface area contributed by atoms with Crippen LogP contribution in [0.1, 0.15) is 24.8 Å². The van der Waals surface area contributed by atoms with Gasteiger partial charge in [-0.25, -0.2) is 4.21 Å². The van der Waals surface area contributed by atoms with Crippen LogP contribution in [0.5, 0.6) is 0 Å². The van der Waals surface area contributed by atoms with Crippen molar-refractivity contribution in [2.75, 3.05) is 13.7 Å². The Balaban J connectivity index is 2.15. The normalized spacial score (nSPS) is 23.5. The van der Waals surface area contributed by atoms with Crippen LogP contribution in [0.3, 0.4) is 0 Å². The smallest absolute Gasteiger partial charge is 0.129 e. The van der Waals surface area contributed by atoms with Crippen molar-refractivity contribution in [1.29, 1.82) is 0 Å². The molecule has 2 atom stereocenters. The van der Waals surface area contributed by atoms with Crippen LogP contribution in [0, 0.1) is 6.92 Å². The Morgan fingerprint density at radius 1 is 1.29 bits per heavy atom. The number of hydrogen-bond acceptors (Lipinski definition) is 2. The summed E-state index contributed by atoms with van der Waals surface area (Å²) < 4.78 is 19.8. The van der Waals surface area contributed by atoms with Crippen molar-refractivity contribution in [2.24, 2.45) is 0 Å². The van der Waals surface area contributed by atoms with Crippen molar-refractivity contribution in [1.82, 2.24) is 4.31 Å². The zero-order chi connectivity index (χ0) is 12.3. The predicted molar refractivity (Wildman–Crippen MR) is 68.9 cm³/mol. The highest BCUT2D eigenvalue weighted by atomic mass is 32.2. The second kappa shape index (κ2) is 5.76. The molecular formula is C13H19NO2S. The van der Waals surface area contributed by atoms with Gasteiger partial charge >= 0.3 is 0 Å². The van der Waals surface area contributed by atoms with Gasteiger partial charge in [0.1, 0.15) is 17.2 Å². The number of hydrogen-bond donors (Lipinski definition) is 0. The number of piperidine rings is 1. The van der Waals surface area contributed by atoms with E-state index in [9.17, 15) is 4.21 Å². The second-order valence-corrected chi connectivity index (χ2v) is 5.83. The van der Waals surface area contributed by atoms with Crippen LogP contribution >= 0.6 is 0 Å². The monoisotopic (exact) mass is 253 g/mol. The SMILES string of the molecule is CO[C@@H]1CCCCN1S(=O)c1ccc(C)cc1. The van der Waals surface area contributed by atoms with E-state index in [2.05, 4.69) is 0 Å². The first-order valence-electron chi connectivity index (χ1n) is 6.00. The summed E-state index contributed by atoms with van der Waals surface area (Å²) in [5.74, 6) is 0. The maximum atomic E-state index is 12.4. The van der Waals surface area contributed by atoms with E-state index >= 15 is 0 Å². The number of aryl methyl sites for hydroxylation is 1. The lowest BCUT2D eigenvalue weighted by atomic mass is 10.1. The fourth-order valence-corrected chi connectivity index (χ4v) is 3.43. The molecule has 17 heavy (non-hydrogen) atoms. The Hall–Kier alpha value is -0.710. The molecule has 1 aliphatic rings. The first kappa shape index (κ1) is 12.7. The largest absolute Gasteiger partial charge is 0.365 e. The molecule has 0 spiro atoms. The minimum absolute atomic E-state index is 0.00844. The summed E-state index contributed by atoms with van der Waals surface area (Å²) in [5, 5.41) is 0. The average molecular weight is 253 g/mol. The highest BCUT2D eigenvalue weighted by Gasteiger charge is 2.27. The average Bonchev–Trinajstić information content (AvgIpc) is 2.39. The van der Waals surface area contributed by atoms with Gasteiger partial charge in [-0.1, -0.05) is 17.7 Å². The van der Waals surface area contributed by atoms with E-state index in [1.165, 1.54) is 5.56 Å². The molecule has 0 amide bonds. The molecule has 0 aliphatic carbocycles. The minimum Gasteiger partial charge on any atom is -0.365 e. The summed E-state index contributed by atoms with van der Waals surface area (Å²) in [6, 6.07) is 7.87. The van der Waals surface area contributed by atoms with Crippen LogP contribution in [0.2, 0.25) is 0 Å². The number of methoxy groups -OCH3 is 1. The predicted octanol–water partition coefficient (Wildman–Crippen LogP) is 2.48. The van der Waals surface area contributed by atoms with Gasteiger partial charge in [-0.05, 0) is 38.3 Å². The lowest BCUT2D eigenvalue weighted by Gasteiger charge is -2.32. The topological polar surface area (TPSA) is 29.5 Å². The Morgan fingerprint density at radius 3 is 2.65 bits per heavy atom. The first-order chi connectivity index (χ1) is 8.22. The highest BCUT2D eigenvalue weighted by Crippen LogP contribution is 2.22. The van der Waals surface area contributed by atoms with Crippen LogP contribution in [-0.2, 0) is 15.7 Å². The van der Waals surface area contributed by atoms with E-state index < -0.39 is 11.0 Å². The van der Waals surface area contributed by atoms with Crippen molar-refractivity contribution < 1.29 is 8.95 Å². The molecular weight excluding hydrogens is 234 g/mol. The maximum Gasteiger partial charge on any atom is 0.129 e. The van der Waals surface area contributed by atoms with Gasteiger partial charge in [-0.15, -0.1) is 0 Å². The second-order valence-electron chi connectivity index (χ2n) is 4.39. The fraction of sp³-hybridized carbons (Fsp3) is 0.538. The molecule has 1 aliphatic heterocycles. The molecule has 1 saturated heterocycles. The van der Waals surface area contributed by atoms with Crippen LogP contribution in [-0.4, -0.2) is 28.4 Å². The summed E-state index contributed by atoms with van der Waals surface area (Å²) in [5.41, 5.74) is 1.19. The Kier molecular flexibility index (Phi) is 4.31. The molecule has 2 rings (SSSR count). The van der Waals surface area contributed by atoms with Crippen molar-refractivity contribution in [3.8, 4) is 0 Å². The quantitative estimate of drug-likeness (QED) is 0.828. The van der Waals surface area contributed by atoms with Gasteiger partial charge in [0.05, 0.1) is 4.90 Å². The molecule has 0 N–H and O–H groups in total. The molecule has 0 aromatic heterocycles. The molecule has 1 aromatic rings. The molecule has 0 bridgehead atoms. The minimum atomic E-state index is -1.10. The Labute approximate surface area is 105 Å². The summed E-state index contributed by atoms with van der Waals surface area (Å²) in [7, 11) is 0.590. The third-order valence-electron chi connectivity index (χ3n) is 3.11. The molecule has 3 nitrogen and oxygen atoms in total. The number of rotatable bonds is 3. The summed E-state index contributed by atoms with van der Waals surface area (Å²) >= 11 is 0. The molecule has 4 heteroatoms. The molecule has 1 aromatic carbocycles. The van der Waals surface area contributed by atoms with Crippen molar-refractivity contribution in [3.05, 3.63) is 29.8 Å². The lowest BCUT2D eigenvalue weighted by molar-refractivity contribution is -0.00518. The zero-order valence-corrected chi connectivity index (χ0v) is 11.2. The number of benzene rings is 1. The van der Waals surface area contributed by atoms with E-state index in [4.69, 9.17) is 4.74 Å². The maximum absolute atomic E-state index is 12.4. The number of ether oxygens (including phenoxy) is 1. The third kappa shape index (κ3) is 2.94. The van der Waals surface area contributed by atoms with Crippen LogP contribution in [0.15, 0.2) is 29.2 Å². The molecule has 94 valence electrons. The van der Waals surface area contributed by atoms with Crippen molar-refractivity contribution in [2.45, 2.75) is 37.3 Å². The van der Waals surface area contributed by atoms with Gasteiger partial charge in [0.15, 0.2) is 0 Å². The number of nitrogens with zero attached hydrogens (tertiary/aromatic N) is 1. The Morgan fingerprint density at radius 2 is 2.00 bits per heavy atom. The van der Waals surface area contributed by atoms with E-state index in [-0.39, 0.29) is 6.23 Å². The van der Waals surface area contributed by atoms with Gasteiger partial charge < -0.3 is 4.74 Å². The zero-order valence-electron chi connectivity index (χ0n) is 10.4. The first-order valence-corrected chi connectivity index (χ1v) is 7.11. The third-order valence-corrected chi connectivity index (χ3v) is 4.63. The van der Waals surface area contributed by atoms with Crippen LogP contribution in [0.25, 0.3) is 0 Å². The molecule has 1 fully saturated rings.